The number of ether oxygens (including phenoxy) is 3. The Bertz CT molecular complexity index is 970. The summed E-state index contributed by atoms with van der Waals surface area (Å²) in [5, 5.41) is 15.6. The molecule has 2 fully saturated rings. The van der Waals surface area contributed by atoms with Gasteiger partial charge in [-0.2, -0.15) is 0 Å². The average molecular weight is 487 g/mol. The third kappa shape index (κ3) is 6.61. The third-order valence-electron chi connectivity index (χ3n) is 6.59. The van der Waals surface area contributed by atoms with E-state index in [9.17, 15) is 19.5 Å². The van der Waals surface area contributed by atoms with E-state index in [1.165, 1.54) is 0 Å². The normalized spacial score (nSPS) is 32.9. The third-order valence-corrected chi connectivity index (χ3v) is 6.59. The number of amides is 2. The molecule has 35 heavy (non-hydrogen) atoms. The molecule has 0 bridgehead atoms. The standard InChI is InChI=1S/C26H34N2O7/c1-15-5-4-6-21(30)33-14-20-23(35-26(2,3)34-20)25(32)27-19(13-16-7-11-18(29)12-8-16)24(31)28-22(15)17-9-10-17/h4-5,7-8,11-12,15,17,19-20,22-23,29H,6,9-10,13-14H2,1-3H3,(H,27,32)(H,28,31)/b5-4+/t15-,19+,20-,22+,23-/m1/s1. The van der Waals surface area contributed by atoms with Gasteiger partial charge in [-0.05, 0) is 56.2 Å². The second kappa shape index (κ2) is 10.4. The molecule has 1 aliphatic carbocycles. The molecule has 2 amide bonds. The lowest BCUT2D eigenvalue weighted by molar-refractivity contribution is -0.161. The molecule has 1 saturated carbocycles. The van der Waals surface area contributed by atoms with E-state index in [1.807, 2.05) is 13.0 Å². The number of nitrogens with one attached hydrogen (secondary N) is 2. The van der Waals surface area contributed by atoms with Gasteiger partial charge in [0.15, 0.2) is 11.9 Å². The van der Waals surface area contributed by atoms with E-state index in [-0.39, 0.29) is 43.1 Å². The number of cyclic esters (lactones) is 1. The van der Waals surface area contributed by atoms with Crippen molar-refractivity contribution >= 4 is 17.8 Å². The lowest BCUT2D eigenvalue weighted by Gasteiger charge is -2.27. The molecule has 9 nitrogen and oxygen atoms in total. The fourth-order valence-electron chi connectivity index (χ4n) is 4.64. The Morgan fingerprint density at radius 1 is 1.03 bits per heavy atom. The highest BCUT2D eigenvalue weighted by Gasteiger charge is 2.47. The molecule has 190 valence electrons. The predicted molar refractivity (Wildman–Crippen MR) is 126 cm³/mol. The van der Waals surface area contributed by atoms with Gasteiger partial charge in [0, 0.05) is 12.5 Å². The van der Waals surface area contributed by atoms with Gasteiger partial charge in [-0.1, -0.05) is 31.2 Å². The number of carbonyl (C=O) groups excluding carboxylic acids is 3. The fraction of sp³-hybridized carbons (Fsp3) is 0.577. The molecule has 0 unspecified atom stereocenters. The van der Waals surface area contributed by atoms with Gasteiger partial charge >= 0.3 is 5.97 Å². The van der Waals surface area contributed by atoms with Gasteiger partial charge in [0.1, 0.15) is 24.5 Å². The van der Waals surface area contributed by atoms with Gasteiger partial charge in [-0.25, -0.2) is 0 Å². The molecular weight excluding hydrogens is 452 g/mol. The molecule has 2 heterocycles. The Labute approximate surface area is 205 Å². The zero-order valence-electron chi connectivity index (χ0n) is 20.4. The Kier molecular flexibility index (Phi) is 7.47. The number of phenols is 1. The Morgan fingerprint density at radius 2 is 1.74 bits per heavy atom. The second-order valence-electron chi connectivity index (χ2n) is 10.1. The van der Waals surface area contributed by atoms with E-state index in [0.29, 0.717) is 5.92 Å². The molecule has 1 aromatic carbocycles. The summed E-state index contributed by atoms with van der Waals surface area (Å²) in [5.41, 5.74) is 0.784. The van der Waals surface area contributed by atoms with Crippen molar-refractivity contribution in [1.29, 1.82) is 0 Å². The predicted octanol–water partition coefficient (Wildman–Crippen LogP) is 1.97. The molecule has 0 aromatic heterocycles. The molecule has 3 aliphatic rings. The number of aromatic hydroxyl groups is 1. The summed E-state index contributed by atoms with van der Waals surface area (Å²) >= 11 is 0. The van der Waals surface area contributed by atoms with Crippen molar-refractivity contribution in [3.63, 3.8) is 0 Å². The molecule has 0 radical (unpaired) electrons. The van der Waals surface area contributed by atoms with Crippen LogP contribution in [0.1, 0.15) is 45.6 Å². The molecule has 4 rings (SSSR count). The largest absolute Gasteiger partial charge is 0.508 e. The first kappa shape index (κ1) is 25.2. The minimum Gasteiger partial charge on any atom is -0.508 e. The van der Waals surface area contributed by atoms with Crippen molar-refractivity contribution in [2.75, 3.05) is 6.61 Å². The van der Waals surface area contributed by atoms with Gasteiger partial charge in [0.05, 0.1) is 6.42 Å². The molecular formula is C26H34N2O7. The fourth-order valence-corrected chi connectivity index (χ4v) is 4.64. The first-order chi connectivity index (χ1) is 16.6. The first-order valence-electron chi connectivity index (χ1n) is 12.2. The smallest absolute Gasteiger partial charge is 0.309 e. The lowest BCUT2D eigenvalue weighted by Crippen LogP contribution is -2.55. The van der Waals surface area contributed by atoms with Crippen LogP contribution in [0, 0.1) is 11.8 Å². The Hall–Kier alpha value is -2.91. The number of hydrogen-bond donors (Lipinski definition) is 3. The van der Waals surface area contributed by atoms with Gasteiger partial charge in [0.2, 0.25) is 5.91 Å². The number of carbonyl (C=O) groups is 3. The molecule has 9 heteroatoms. The summed E-state index contributed by atoms with van der Waals surface area (Å²) in [4.78, 5) is 39.0. The highest BCUT2D eigenvalue weighted by molar-refractivity contribution is 5.90. The summed E-state index contributed by atoms with van der Waals surface area (Å²) in [7, 11) is 0. The van der Waals surface area contributed by atoms with Gasteiger partial charge in [-0.15, -0.1) is 0 Å². The number of rotatable bonds is 3. The van der Waals surface area contributed by atoms with Gasteiger partial charge < -0.3 is 30.0 Å². The Morgan fingerprint density at radius 3 is 2.43 bits per heavy atom. The van der Waals surface area contributed by atoms with E-state index in [2.05, 4.69) is 10.6 Å². The highest BCUT2D eigenvalue weighted by Crippen LogP contribution is 2.36. The summed E-state index contributed by atoms with van der Waals surface area (Å²) in [6.45, 7) is 5.23. The molecule has 0 spiro atoms. The van der Waals surface area contributed by atoms with Gasteiger partial charge in [-0.3, -0.25) is 14.4 Å². The zero-order chi connectivity index (χ0) is 25.2. The average Bonchev–Trinajstić information content (AvgIpc) is 3.59. The van der Waals surface area contributed by atoms with E-state index in [0.717, 1.165) is 18.4 Å². The van der Waals surface area contributed by atoms with Crippen LogP contribution in [0.3, 0.4) is 0 Å². The molecule has 1 aromatic rings. The SMILES string of the molecule is C[C@@H]1/C=C/CC(=O)OC[C@H]2OC(C)(C)O[C@H]2C(=O)N[C@@H](Cc2ccc(O)cc2)C(=O)N[C@@H]1C1CC1. The van der Waals surface area contributed by atoms with E-state index in [4.69, 9.17) is 14.2 Å². The number of phenolic OH excluding ortho intramolecular Hbond substituents is 1. The quantitative estimate of drug-likeness (QED) is 0.441. The van der Waals surface area contributed by atoms with Crippen molar-refractivity contribution in [3.8, 4) is 5.75 Å². The van der Waals surface area contributed by atoms with Crippen LogP contribution >= 0.6 is 0 Å². The number of esters is 1. The van der Waals surface area contributed by atoms with Crippen LogP contribution in [0.25, 0.3) is 0 Å². The van der Waals surface area contributed by atoms with E-state index < -0.39 is 35.9 Å². The minimum atomic E-state index is -1.05. The van der Waals surface area contributed by atoms with Crippen molar-refractivity contribution in [2.24, 2.45) is 11.8 Å². The van der Waals surface area contributed by atoms with Crippen molar-refractivity contribution in [1.82, 2.24) is 10.6 Å². The molecule has 2 aliphatic heterocycles. The maximum atomic E-state index is 13.5. The van der Waals surface area contributed by atoms with Crippen LogP contribution in [-0.2, 0) is 35.0 Å². The van der Waals surface area contributed by atoms with E-state index >= 15 is 0 Å². The summed E-state index contributed by atoms with van der Waals surface area (Å²) in [6, 6.07) is 5.54. The summed E-state index contributed by atoms with van der Waals surface area (Å²) in [6.07, 6.45) is 4.19. The topological polar surface area (TPSA) is 123 Å². The van der Waals surface area contributed by atoms with E-state index in [1.54, 1.807) is 44.2 Å². The molecule has 1 saturated heterocycles. The number of benzene rings is 1. The van der Waals surface area contributed by atoms with Crippen molar-refractivity contribution in [3.05, 3.63) is 42.0 Å². The van der Waals surface area contributed by atoms with Crippen LogP contribution in [0.15, 0.2) is 36.4 Å². The van der Waals surface area contributed by atoms with Crippen LogP contribution in [-0.4, -0.2) is 59.6 Å². The molecule has 3 N–H and O–H groups in total. The zero-order valence-corrected chi connectivity index (χ0v) is 20.4. The maximum absolute atomic E-state index is 13.5. The van der Waals surface area contributed by atoms with Gasteiger partial charge in [0.25, 0.3) is 5.91 Å². The van der Waals surface area contributed by atoms with Crippen molar-refractivity contribution < 1.29 is 33.7 Å². The van der Waals surface area contributed by atoms with Crippen LogP contribution < -0.4 is 10.6 Å². The second-order valence-corrected chi connectivity index (χ2v) is 10.1. The minimum absolute atomic E-state index is 0.00116. The molecule has 5 atom stereocenters. The number of fused-ring (bicyclic) bond motifs is 1. The summed E-state index contributed by atoms with van der Waals surface area (Å²) < 4.78 is 17.0. The van der Waals surface area contributed by atoms with Crippen LogP contribution in [0.4, 0.5) is 0 Å². The maximum Gasteiger partial charge on any atom is 0.309 e. The number of hydrogen-bond acceptors (Lipinski definition) is 7. The summed E-state index contributed by atoms with van der Waals surface area (Å²) in [5.74, 6) is -1.81. The monoisotopic (exact) mass is 486 g/mol. The Balaban J connectivity index is 1.61. The first-order valence-corrected chi connectivity index (χ1v) is 12.2. The van der Waals surface area contributed by atoms with Crippen LogP contribution in [0.2, 0.25) is 0 Å². The van der Waals surface area contributed by atoms with Crippen LogP contribution in [0.5, 0.6) is 5.75 Å². The van der Waals surface area contributed by atoms with Crippen molar-refractivity contribution in [2.45, 2.75) is 76.5 Å². The lowest BCUT2D eigenvalue weighted by atomic mass is 9.95. The highest BCUT2D eigenvalue weighted by atomic mass is 16.8.